The summed E-state index contributed by atoms with van der Waals surface area (Å²) in [6, 6.07) is 29.8. The molecule has 0 unspecified atom stereocenters. The Morgan fingerprint density at radius 3 is 2.00 bits per heavy atom. The number of nitrogens with one attached hydrogen (secondary N) is 1. The summed E-state index contributed by atoms with van der Waals surface area (Å²) >= 11 is 0. The van der Waals surface area contributed by atoms with Crippen molar-refractivity contribution in [3.8, 4) is 11.1 Å². The Bertz CT molecular complexity index is 1340. The number of pyridine rings is 1. The molecular formula is C35H40N4O. The van der Waals surface area contributed by atoms with E-state index in [1.807, 2.05) is 66.5 Å². The van der Waals surface area contributed by atoms with Gasteiger partial charge in [0, 0.05) is 63.4 Å². The molecule has 4 aromatic rings. The molecule has 1 aliphatic rings. The molecule has 0 bridgehead atoms. The van der Waals surface area contributed by atoms with E-state index in [1.165, 1.54) is 48.8 Å². The fourth-order valence-electron chi connectivity index (χ4n) is 5.40. The Morgan fingerprint density at radius 2 is 1.40 bits per heavy atom. The van der Waals surface area contributed by atoms with Crippen LogP contribution >= 0.6 is 0 Å². The molecule has 1 amide bonds. The molecule has 0 saturated heterocycles. The van der Waals surface area contributed by atoms with Gasteiger partial charge in [0.1, 0.15) is 0 Å². The first-order chi connectivity index (χ1) is 19.5. The highest BCUT2D eigenvalue weighted by Crippen LogP contribution is 2.23. The summed E-state index contributed by atoms with van der Waals surface area (Å²) in [5, 5.41) is 3.73. The van der Waals surface area contributed by atoms with Gasteiger partial charge < -0.3 is 15.1 Å². The van der Waals surface area contributed by atoms with Gasteiger partial charge >= 0.3 is 0 Å². The van der Waals surface area contributed by atoms with Crippen molar-refractivity contribution in [2.75, 3.05) is 19.0 Å². The molecular weight excluding hydrogens is 492 g/mol. The van der Waals surface area contributed by atoms with Gasteiger partial charge in [-0.25, -0.2) is 0 Å². The molecule has 40 heavy (non-hydrogen) atoms. The minimum Gasteiger partial charge on any atom is -0.378 e. The Morgan fingerprint density at radius 1 is 0.775 bits per heavy atom. The number of hydrogen-bond donors (Lipinski definition) is 1. The highest BCUT2D eigenvalue weighted by molar-refractivity contribution is 5.94. The van der Waals surface area contributed by atoms with Crippen molar-refractivity contribution in [3.63, 3.8) is 0 Å². The maximum atomic E-state index is 13.6. The van der Waals surface area contributed by atoms with Crippen LogP contribution in [0, 0.1) is 0 Å². The van der Waals surface area contributed by atoms with Crippen molar-refractivity contribution in [2.45, 2.75) is 57.8 Å². The third-order valence-corrected chi connectivity index (χ3v) is 7.83. The van der Waals surface area contributed by atoms with Crippen LogP contribution in [-0.4, -0.2) is 35.9 Å². The largest absolute Gasteiger partial charge is 0.378 e. The average Bonchev–Trinajstić information content (AvgIpc) is 3.01. The van der Waals surface area contributed by atoms with E-state index < -0.39 is 0 Å². The SMILES string of the molecule is CN(C)c1ccc(C(=O)N(Cc2ccc(-c3ccc(CNC4CCCCC4)cc3)cc2)Cc2cccnc2)cc1. The number of hydrogen-bond acceptors (Lipinski definition) is 4. The number of benzene rings is 3. The summed E-state index contributed by atoms with van der Waals surface area (Å²) in [6.07, 6.45) is 10.3. The van der Waals surface area contributed by atoms with Gasteiger partial charge in [-0.05, 0) is 71.0 Å². The van der Waals surface area contributed by atoms with Crippen LogP contribution in [-0.2, 0) is 19.6 Å². The lowest BCUT2D eigenvalue weighted by molar-refractivity contribution is 0.0730. The Balaban J connectivity index is 1.26. The lowest BCUT2D eigenvalue weighted by Gasteiger charge is -2.24. The van der Waals surface area contributed by atoms with Crippen molar-refractivity contribution < 1.29 is 4.79 Å². The van der Waals surface area contributed by atoms with Gasteiger partial charge in [0.15, 0.2) is 0 Å². The summed E-state index contributed by atoms with van der Waals surface area (Å²) in [5.74, 6) is 0.00987. The number of nitrogens with zero attached hydrogens (tertiary/aromatic N) is 3. The molecule has 1 heterocycles. The van der Waals surface area contributed by atoms with E-state index in [1.54, 1.807) is 6.20 Å². The molecule has 1 saturated carbocycles. The van der Waals surface area contributed by atoms with Crippen molar-refractivity contribution in [3.05, 3.63) is 120 Å². The summed E-state index contributed by atoms with van der Waals surface area (Å²) < 4.78 is 0. The van der Waals surface area contributed by atoms with E-state index in [0.29, 0.717) is 24.7 Å². The summed E-state index contributed by atoms with van der Waals surface area (Å²) in [7, 11) is 4.00. The van der Waals surface area contributed by atoms with E-state index in [0.717, 1.165) is 23.4 Å². The van der Waals surface area contributed by atoms with Crippen LogP contribution in [0.2, 0.25) is 0 Å². The van der Waals surface area contributed by atoms with E-state index in [-0.39, 0.29) is 5.91 Å². The van der Waals surface area contributed by atoms with Gasteiger partial charge in [-0.2, -0.15) is 0 Å². The lowest BCUT2D eigenvalue weighted by Crippen LogP contribution is -2.30. The van der Waals surface area contributed by atoms with Crippen LogP contribution < -0.4 is 10.2 Å². The molecule has 5 nitrogen and oxygen atoms in total. The minimum absolute atomic E-state index is 0.00987. The van der Waals surface area contributed by atoms with Gasteiger partial charge in [0.2, 0.25) is 0 Å². The number of amides is 1. The number of carbonyl (C=O) groups excluding carboxylic acids is 1. The van der Waals surface area contributed by atoms with Gasteiger partial charge in [0.05, 0.1) is 0 Å². The van der Waals surface area contributed by atoms with Gasteiger partial charge in [-0.3, -0.25) is 9.78 Å². The van der Waals surface area contributed by atoms with Crippen LogP contribution in [0.5, 0.6) is 0 Å². The second-order valence-corrected chi connectivity index (χ2v) is 11.1. The Hall–Kier alpha value is -3.96. The van der Waals surface area contributed by atoms with E-state index in [9.17, 15) is 4.79 Å². The molecule has 0 aliphatic heterocycles. The zero-order valence-corrected chi connectivity index (χ0v) is 23.7. The van der Waals surface area contributed by atoms with Crippen molar-refractivity contribution in [1.29, 1.82) is 0 Å². The molecule has 5 rings (SSSR count). The monoisotopic (exact) mass is 532 g/mol. The second-order valence-electron chi connectivity index (χ2n) is 11.1. The van der Waals surface area contributed by atoms with Crippen LogP contribution in [0.4, 0.5) is 5.69 Å². The third-order valence-electron chi connectivity index (χ3n) is 7.83. The minimum atomic E-state index is 0.00987. The molecule has 1 aromatic heterocycles. The van der Waals surface area contributed by atoms with Crippen molar-refractivity contribution in [1.82, 2.24) is 15.2 Å². The molecule has 0 spiro atoms. The molecule has 1 aliphatic carbocycles. The highest BCUT2D eigenvalue weighted by Gasteiger charge is 2.18. The fraction of sp³-hybridized carbons (Fsp3) is 0.314. The quantitative estimate of drug-likeness (QED) is 0.237. The molecule has 3 aromatic carbocycles. The van der Waals surface area contributed by atoms with Gasteiger partial charge in [0.25, 0.3) is 5.91 Å². The molecule has 206 valence electrons. The molecule has 1 N–H and O–H groups in total. The first-order valence-corrected chi connectivity index (χ1v) is 14.4. The summed E-state index contributed by atoms with van der Waals surface area (Å²) in [5.41, 5.74) is 7.57. The molecule has 0 atom stereocenters. The fourth-order valence-corrected chi connectivity index (χ4v) is 5.40. The topological polar surface area (TPSA) is 48.5 Å². The molecule has 1 fully saturated rings. The van der Waals surface area contributed by atoms with Crippen LogP contribution in [0.15, 0.2) is 97.3 Å². The zero-order chi connectivity index (χ0) is 27.7. The maximum absolute atomic E-state index is 13.6. The predicted molar refractivity (Wildman–Crippen MR) is 164 cm³/mol. The predicted octanol–water partition coefficient (Wildman–Crippen LogP) is 7.08. The van der Waals surface area contributed by atoms with E-state index in [2.05, 4.69) is 58.8 Å². The normalized spacial score (nSPS) is 13.7. The molecule has 5 heteroatoms. The molecule has 0 radical (unpaired) electrons. The van der Waals surface area contributed by atoms with Gasteiger partial charge in [-0.15, -0.1) is 0 Å². The smallest absolute Gasteiger partial charge is 0.254 e. The first-order valence-electron chi connectivity index (χ1n) is 14.4. The van der Waals surface area contributed by atoms with Gasteiger partial charge in [-0.1, -0.05) is 73.9 Å². The second kappa shape index (κ2) is 13.4. The number of rotatable bonds is 10. The standard InChI is InChI=1S/C35H40N4O/c1-38(2)34-20-18-32(19-21-34)35(40)39(26-29-7-6-22-36-23-29)25-28-12-16-31(17-13-28)30-14-10-27(11-15-30)24-37-33-8-4-3-5-9-33/h6-7,10-23,33,37H,3-5,8-9,24-26H2,1-2H3. The highest BCUT2D eigenvalue weighted by atomic mass is 16.2. The Labute approximate surface area is 238 Å². The maximum Gasteiger partial charge on any atom is 0.254 e. The van der Waals surface area contributed by atoms with Crippen LogP contribution in [0.25, 0.3) is 11.1 Å². The third kappa shape index (κ3) is 7.36. The summed E-state index contributed by atoms with van der Waals surface area (Å²) in [4.78, 5) is 21.8. The number of carbonyl (C=O) groups is 1. The first kappa shape index (κ1) is 27.6. The Kier molecular flexibility index (Phi) is 9.25. The summed E-state index contributed by atoms with van der Waals surface area (Å²) in [6.45, 7) is 1.96. The zero-order valence-electron chi connectivity index (χ0n) is 23.7. The van der Waals surface area contributed by atoms with Crippen molar-refractivity contribution >= 4 is 11.6 Å². The lowest BCUT2D eigenvalue weighted by atomic mass is 9.95. The van der Waals surface area contributed by atoms with E-state index in [4.69, 9.17) is 0 Å². The number of aromatic nitrogens is 1. The van der Waals surface area contributed by atoms with Crippen LogP contribution in [0.3, 0.4) is 0 Å². The van der Waals surface area contributed by atoms with Crippen molar-refractivity contribution in [2.24, 2.45) is 0 Å². The number of anilines is 1. The van der Waals surface area contributed by atoms with E-state index >= 15 is 0 Å². The average molecular weight is 533 g/mol. The van der Waals surface area contributed by atoms with Crippen LogP contribution in [0.1, 0.15) is 59.2 Å².